The van der Waals surface area contributed by atoms with Crippen molar-refractivity contribution in [1.29, 1.82) is 0 Å². The van der Waals surface area contributed by atoms with Gasteiger partial charge in [-0.2, -0.15) is 0 Å². The van der Waals surface area contributed by atoms with E-state index in [-0.39, 0.29) is 16.7 Å². The van der Waals surface area contributed by atoms with Crippen LogP contribution in [0.2, 0.25) is 0 Å². The number of nitro groups is 1. The number of ether oxygens (including phenoxy) is 1. The van der Waals surface area contributed by atoms with E-state index in [0.29, 0.717) is 5.92 Å². The standard InChI is InChI=1S/C21H31NO3/c1-5-7-8-12-18(4)25-21(15-9-11-17(3)6-2)19-13-10-14-20(16-19)22(23)24/h7-8,10,13-18H,5-6,9,11-12H2,1-4H3/b8-7-,21-15-. The van der Waals surface area contributed by atoms with Crippen molar-refractivity contribution >= 4 is 11.4 Å². The van der Waals surface area contributed by atoms with Crippen LogP contribution in [0.25, 0.3) is 5.76 Å². The average molecular weight is 345 g/mol. The van der Waals surface area contributed by atoms with Gasteiger partial charge in [0.25, 0.3) is 5.69 Å². The zero-order valence-corrected chi connectivity index (χ0v) is 15.9. The molecule has 0 aliphatic carbocycles. The van der Waals surface area contributed by atoms with Gasteiger partial charge in [0.15, 0.2) is 0 Å². The monoisotopic (exact) mass is 345 g/mol. The van der Waals surface area contributed by atoms with Crippen LogP contribution in [0.3, 0.4) is 0 Å². The van der Waals surface area contributed by atoms with Gasteiger partial charge in [-0.3, -0.25) is 10.1 Å². The Bertz CT molecular complexity index is 593. The highest BCUT2D eigenvalue weighted by Gasteiger charge is 2.12. The topological polar surface area (TPSA) is 52.4 Å². The highest BCUT2D eigenvalue weighted by atomic mass is 16.6. The minimum absolute atomic E-state index is 0.0249. The molecule has 2 unspecified atom stereocenters. The fourth-order valence-electron chi connectivity index (χ4n) is 2.43. The number of hydrogen-bond donors (Lipinski definition) is 0. The summed E-state index contributed by atoms with van der Waals surface area (Å²) >= 11 is 0. The first-order chi connectivity index (χ1) is 12.0. The summed E-state index contributed by atoms with van der Waals surface area (Å²) in [6.45, 7) is 8.56. The van der Waals surface area contributed by atoms with Crippen LogP contribution in [-0.2, 0) is 4.74 Å². The minimum Gasteiger partial charge on any atom is -0.490 e. The zero-order chi connectivity index (χ0) is 18.7. The van der Waals surface area contributed by atoms with E-state index in [1.165, 1.54) is 6.07 Å². The van der Waals surface area contributed by atoms with Crippen molar-refractivity contribution in [3.05, 3.63) is 58.2 Å². The molecule has 0 aromatic heterocycles. The lowest BCUT2D eigenvalue weighted by Crippen LogP contribution is -2.07. The Balaban J connectivity index is 2.93. The number of benzene rings is 1. The molecule has 0 N–H and O–H groups in total. The van der Waals surface area contributed by atoms with E-state index < -0.39 is 0 Å². The van der Waals surface area contributed by atoms with Crippen LogP contribution < -0.4 is 0 Å². The molecule has 0 saturated heterocycles. The quantitative estimate of drug-likeness (QED) is 0.198. The highest BCUT2D eigenvalue weighted by molar-refractivity contribution is 5.62. The first-order valence-corrected chi connectivity index (χ1v) is 9.24. The number of allylic oxidation sites excluding steroid dienone is 2. The molecule has 138 valence electrons. The second kappa shape index (κ2) is 11.5. The molecule has 0 bridgehead atoms. The van der Waals surface area contributed by atoms with Crippen LogP contribution in [0.4, 0.5) is 5.69 Å². The van der Waals surface area contributed by atoms with Gasteiger partial charge in [0, 0.05) is 24.1 Å². The number of rotatable bonds is 11. The lowest BCUT2D eigenvalue weighted by Gasteiger charge is -2.17. The number of nitrogens with zero attached hydrogens (tertiary/aromatic N) is 1. The van der Waals surface area contributed by atoms with E-state index in [9.17, 15) is 10.1 Å². The Morgan fingerprint density at radius 3 is 2.68 bits per heavy atom. The van der Waals surface area contributed by atoms with Crippen LogP contribution in [0.15, 0.2) is 42.5 Å². The number of hydrogen-bond acceptors (Lipinski definition) is 3. The van der Waals surface area contributed by atoms with Gasteiger partial charge < -0.3 is 4.74 Å². The molecule has 0 heterocycles. The van der Waals surface area contributed by atoms with Crippen LogP contribution in [-0.4, -0.2) is 11.0 Å². The third kappa shape index (κ3) is 8.01. The second-order valence-corrected chi connectivity index (χ2v) is 6.51. The van der Waals surface area contributed by atoms with E-state index in [2.05, 4.69) is 39.0 Å². The average Bonchev–Trinajstić information content (AvgIpc) is 2.61. The molecular formula is C21H31NO3. The normalized spacial score (nSPS) is 14.5. The van der Waals surface area contributed by atoms with Crippen molar-refractivity contribution in [3.63, 3.8) is 0 Å². The summed E-state index contributed by atoms with van der Waals surface area (Å²) in [6, 6.07) is 6.68. The maximum atomic E-state index is 11.1. The Morgan fingerprint density at radius 1 is 1.28 bits per heavy atom. The molecule has 0 aliphatic heterocycles. The molecule has 25 heavy (non-hydrogen) atoms. The Labute approximate surface area is 151 Å². The summed E-state index contributed by atoms with van der Waals surface area (Å²) < 4.78 is 6.12. The molecule has 1 aromatic carbocycles. The van der Waals surface area contributed by atoms with E-state index in [0.717, 1.165) is 43.4 Å². The lowest BCUT2D eigenvalue weighted by atomic mass is 10.0. The van der Waals surface area contributed by atoms with Crippen LogP contribution >= 0.6 is 0 Å². The number of non-ortho nitro benzene ring substituents is 1. The summed E-state index contributed by atoms with van der Waals surface area (Å²) in [7, 11) is 0. The predicted molar refractivity (Wildman–Crippen MR) is 104 cm³/mol. The molecule has 2 atom stereocenters. The first-order valence-electron chi connectivity index (χ1n) is 9.24. The molecule has 0 amide bonds. The molecule has 0 fully saturated rings. The fourth-order valence-corrected chi connectivity index (χ4v) is 2.43. The van der Waals surface area contributed by atoms with Gasteiger partial charge in [0.1, 0.15) is 5.76 Å². The molecular weight excluding hydrogens is 314 g/mol. The smallest absolute Gasteiger partial charge is 0.270 e. The van der Waals surface area contributed by atoms with E-state index >= 15 is 0 Å². The van der Waals surface area contributed by atoms with Crippen molar-refractivity contribution in [2.45, 2.75) is 65.9 Å². The zero-order valence-electron chi connectivity index (χ0n) is 15.9. The van der Waals surface area contributed by atoms with Gasteiger partial charge >= 0.3 is 0 Å². The third-order valence-electron chi connectivity index (χ3n) is 4.23. The lowest BCUT2D eigenvalue weighted by molar-refractivity contribution is -0.384. The van der Waals surface area contributed by atoms with Crippen LogP contribution in [0.5, 0.6) is 0 Å². The fraction of sp³-hybridized carbons (Fsp3) is 0.524. The summed E-state index contributed by atoms with van der Waals surface area (Å²) in [5.74, 6) is 1.40. The predicted octanol–water partition coefficient (Wildman–Crippen LogP) is 6.52. The SMILES string of the molecule is CC/C=C\CC(C)O/C(=C\CCC(C)CC)c1cccc([N+](=O)[O-])c1. The highest BCUT2D eigenvalue weighted by Crippen LogP contribution is 2.25. The maximum Gasteiger partial charge on any atom is 0.270 e. The van der Waals surface area contributed by atoms with Gasteiger partial charge in [0.2, 0.25) is 0 Å². The molecule has 0 saturated carbocycles. The van der Waals surface area contributed by atoms with Crippen molar-refractivity contribution in [1.82, 2.24) is 0 Å². The summed E-state index contributed by atoms with van der Waals surface area (Å²) in [5, 5.41) is 11.1. The first kappa shape index (κ1) is 20.9. The Morgan fingerprint density at radius 2 is 2.04 bits per heavy atom. The van der Waals surface area contributed by atoms with E-state index in [1.807, 2.05) is 13.0 Å². The number of nitro benzene ring substituents is 1. The summed E-state index contributed by atoms with van der Waals surface area (Å²) in [5.41, 5.74) is 0.858. The van der Waals surface area contributed by atoms with Crippen LogP contribution in [0, 0.1) is 16.0 Å². The van der Waals surface area contributed by atoms with Gasteiger partial charge in [0.05, 0.1) is 11.0 Å². The Hall–Kier alpha value is -2.10. The molecule has 0 aliphatic rings. The molecule has 4 nitrogen and oxygen atoms in total. The van der Waals surface area contributed by atoms with Gasteiger partial charge in [-0.15, -0.1) is 0 Å². The Kier molecular flexibility index (Phi) is 9.60. The molecule has 1 aromatic rings. The molecule has 0 spiro atoms. The van der Waals surface area contributed by atoms with Crippen molar-refractivity contribution in [2.75, 3.05) is 0 Å². The summed E-state index contributed by atoms with van der Waals surface area (Å²) in [4.78, 5) is 10.7. The van der Waals surface area contributed by atoms with Crippen LogP contribution in [0.1, 0.15) is 65.4 Å². The maximum absolute atomic E-state index is 11.1. The summed E-state index contributed by atoms with van der Waals surface area (Å²) in [6.07, 6.45) is 11.3. The second-order valence-electron chi connectivity index (χ2n) is 6.51. The molecule has 0 radical (unpaired) electrons. The minimum atomic E-state index is -0.367. The largest absolute Gasteiger partial charge is 0.490 e. The third-order valence-corrected chi connectivity index (χ3v) is 4.23. The van der Waals surface area contributed by atoms with Gasteiger partial charge in [-0.05, 0) is 38.2 Å². The van der Waals surface area contributed by atoms with Gasteiger partial charge in [-0.1, -0.05) is 51.5 Å². The molecule has 1 rings (SSSR count). The van der Waals surface area contributed by atoms with Crippen molar-refractivity contribution in [2.24, 2.45) is 5.92 Å². The molecule has 4 heteroatoms. The van der Waals surface area contributed by atoms with Gasteiger partial charge in [-0.25, -0.2) is 0 Å². The van der Waals surface area contributed by atoms with Crippen molar-refractivity contribution < 1.29 is 9.66 Å². The van der Waals surface area contributed by atoms with Crippen molar-refractivity contribution in [3.8, 4) is 0 Å². The van der Waals surface area contributed by atoms with E-state index in [4.69, 9.17) is 4.74 Å². The van der Waals surface area contributed by atoms with E-state index in [1.54, 1.807) is 12.1 Å².